The van der Waals surface area contributed by atoms with Gasteiger partial charge in [-0.25, -0.2) is 0 Å². The van der Waals surface area contributed by atoms with Crippen LogP contribution in [0.5, 0.6) is 11.5 Å². The molecule has 2 heterocycles. The van der Waals surface area contributed by atoms with Gasteiger partial charge in [-0.2, -0.15) is 0 Å². The number of imide groups is 1. The second-order valence-electron chi connectivity index (χ2n) is 4.45. The second kappa shape index (κ2) is 4.46. The standard InChI is InChI=1S/C13H14N2O4/c1-2-15-12(16)6-9(13(15)17)14-8-3-4-10-11(5-8)19-7-18-10/h3-5,9,14H,2,6-7H2,1H3. The second-order valence-corrected chi connectivity index (χ2v) is 4.45. The molecule has 0 spiro atoms. The third kappa shape index (κ3) is 1.99. The molecule has 1 atom stereocenters. The topological polar surface area (TPSA) is 67.9 Å². The van der Waals surface area contributed by atoms with Crippen LogP contribution in [0.1, 0.15) is 13.3 Å². The number of ether oxygens (including phenoxy) is 2. The van der Waals surface area contributed by atoms with Crippen LogP contribution in [-0.2, 0) is 9.59 Å². The van der Waals surface area contributed by atoms with E-state index in [4.69, 9.17) is 9.47 Å². The first-order valence-corrected chi connectivity index (χ1v) is 6.19. The molecule has 2 aliphatic heterocycles. The smallest absolute Gasteiger partial charge is 0.252 e. The van der Waals surface area contributed by atoms with Gasteiger partial charge in [-0.1, -0.05) is 0 Å². The van der Waals surface area contributed by atoms with E-state index >= 15 is 0 Å². The summed E-state index contributed by atoms with van der Waals surface area (Å²) in [4.78, 5) is 24.9. The van der Waals surface area contributed by atoms with Crippen LogP contribution in [0.15, 0.2) is 18.2 Å². The minimum absolute atomic E-state index is 0.134. The number of carbonyl (C=O) groups excluding carboxylic acids is 2. The molecule has 1 N–H and O–H groups in total. The van der Waals surface area contributed by atoms with E-state index in [2.05, 4.69) is 5.32 Å². The number of nitrogens with zero attached hydrogens (tertiary/aromatic N) is 1. The molecule has 0 bridgehead atoms. The lowest BCUT2D eigenvalue weighted by Gasteiger charge is -2.14. The Bertz CT molecular complexity index is 543. The number of carbonyl (C=O) groups is 2. The van der Waals surface area contributed by atoms with Crippen LogP contribution in [0.25, 0.3) is 0 Å². The Morgan fingerprint density at radius 2 is 2.11 bits per heavy atom. The number of likely N-dealkylation sites (N-methyl/N-ethyl adjacent to an activating group) is 1. The van der Waals surface area contributed by atoms with Gasteiger partial charge in [0, 0.05) is 18.3 Å². The van der Waals surface area contributed by atoms with Crippen molar-refractivity contribution in [2.45, 2.75) is 19.4 Å². The Balaban J connectivity index is 1.75. The van der Waals surface area contributed by atoms with Crippen molar-refractivity contribution in [3.8, 4) is 11.5 Å². The molecule has 1 saturated heterocycles. The average Bonchev–Trinajstić information content (AvgIpc) is 2.95. The molecule has 0 saturated carbocycles. The van der Waals surface area contributed by atoms with Gasteiger partial charge in [0.1, 0.15) is 6.04 Å². The first kappa shape index (κ1) is 11.8. The van der Waals surface area contributed by atoms with E-state index < -0.39 is 6.04 Å². The molecular formula is C13H14N2O4. The first-order valence-electron chi connectivity index (χ1n) is 6.19. The van der Waals surface area contributed by atoms with Crippen LogP contribution in [0.4, 0.5) is 5.69 Å². The molecule has 6 nitrogen and oxygen atoms in total. The van der Waals surface area contributed by atoms with E-state index in [-0.39, 0.29) is 25.0 Å². The van der Waals surface area contributed by atoms with Crippen LogP contribution in [0, 0.1) is 0 Å². The van der Waals surface area contributed by atoms with E-state index in [0.717, 1.165) is 5.69 Å². The lowest BCUT2D eigenvalue weighted by Crippen LogP contribution is -2.34. The predicted molar refractivity (Wildman–Crippen MR) is 67.0 cm³/mol. The van der Waals surface area contributed by atoms with Crippen LogP contribution in [0.3, 0.4) is 0 Å². The highest BCUT2D eigenvalue weighted by molar-refractivity contribution is 6.06. The third-order valence-electron chi connectivity index (χ3n) is 3.27. The van der Waals surface area contributed by atoms with Crippen LogP contribution in [0.2, 0.25) is 0 Å². The lowest BCUT2D eigenvalue weighted by atomic mass is 10.2. The fraction of sp³-hybridized carbons (Fsp3) is 0.385. The molecule has 100 valence electrons. The van der Waals surface area contributed by atoms with E-state index in [1.807, 2.05) is 0 Å². The average molecular weight is 262 g/mol. The molecule has 6 heteroatoms. The minimum Gasteiger partial charge on any atom is -0.454 e. The molecule has 0 radical (unpaired) electrons. The van der Waals surface area contributed by atoms with Crippen molar-refractivity contribution in [2.75, 3.05) is 18.7 Å². The van der Waals surface area contributed by atoms with Gasteiger partial charge in [-0.05, 0) is 19.1 Å². The van der Waals surface area contributed by atoms with Gasteiger partial charge in [0.05, 0.1) is 6.42 Å². The molecule has 0 aliphatic carbocycles. The summed E-state index contributed by atoms with van der Waals surface area (Å²) in [5.74, 6) is 1.03. The van der Waals surface area contributed by atoms with Crippen LogP contribution < -0.4 is 14.8 Å². The maximum atomic E-state index is 12.0. The van der Waals surface area contributed by atoms with Crippen molar-refractivity contribution in [3.05, 3.63) is 18.2 Å². The number of fused-ring (bicyclic) bond motifs is 1. The molecule has 3 rings (SSSR count). The number of nitrogens with one attached hydrogen (secondary N) is 1. The van der Waals surface area contributed by atoms with Crippen molar-refractivity contribution in [1.29, 1.82) is 0 Å². The van der Waals surface area contributed by atoms with Gasteiger partial charge in [0.15, 0.2) is 11.5 Å². The fourth-order valence-electron chi connectivity index (χ4n) is 2.32. The van der Waals surface area contributed by atoms with E-state index in [1.54, 1.807) is 25.1 Å². The van der Waals surface area contributed by atoms with Gasteiger partial charge in [0.2, 0.25) is 12.7 Å². The van der Waals surface area contributed by atoms with E-state index in [1.165, 1.54) is 4.90 Å². The maximum Gasteiger partial charge on any atom is 0.252 e. The number of anilines is 1. The number of rotatable bonds is 3. The lowest BCUT2D eigenvalue weighted by molar-refractivity contribution is -0.138. The SMILES string of the molecule is CCN1C(=O)CC(Nc2ccc3c(c2)OCO3)C1=O. The Kier molecular flexibility index (Phi) is 2.77. The third-order valence-corrected chi connectivity index (χ3v) is 3.27. The monoisotopic (exact) mass is 262 g/mol. The normalized spacial score (nSPS) is 21.1. The Morgan fingerprint density at radius 1 is 1.32 bits per heavy atom. The first-order chi connectivity index (χ1) is 9.19. The van der Waals surface area contributed by atoms with Crippen molar-refractivity contribution in [1.82, 2.24) is 4.90 Å². The number of hydrogen-bond donors (Lipinski definition) is 1. The minimum atomic E-state index is -0.493. The van der Waals surface area contributed by atoms with Crippen molar-refractivity contribution in [3.63, 3.8) is 0 Å². The zero-order chi connectivity index (χ0) is 13.4. The van der Waals surface area contributed by atoms with Crippen LogP contribution in [-0.4, -0.2) is 36.1 Å². The molecule has 1 aromatic carbocycles. The van der Waals surface area contributed by atoms with Crippen molar-refractivity contribution < 1.29 is 19.1 Å². The molecule has 2 aliphatic rings. The Morgan fingerprint density at radius 3 is 2.84 bits per heavy atom. The van der Waals surface area contributed by atoms with Gasteiger partial charge in [-0.3, -0.25) is 14.5 Å². The Labute approximate surface area is 110 Å². The van der Waals surface area contributed by atoms with Gasteiger partial charge >= 0.3 is 0 Å². The molecule has 0 aromatic heterocycles. The zero-order valence-electron chi connectivity index (χ0n) is 10.5. The quantitative estimate of drug-likeness (QED) is 0.822. The molecule has 1 aromatic rings. The number of benzene rings is 1. The van der Waals surface area contributed by atoms with E-state index in [9.17, 15) is 9.59 Å². The molecule has 1 fully saturated rings. The van der Waals surface area contributed by atoms with Gasteiger partial charge in [-0.15, -0.1) is 0 Å². The molecule has 2 amide bonds. The van der Waals surface area contributed by atoms with E-state index in [0.29, 0.717) is 18.0 Å². The largest absolute Gasteiger partial charge is 0.454 e. The van der Waals surface area contributed by atoms with Crippen molar-refractivity contribution in [2.24, 2.45) is 0 Å². The predicted octanol–water partition coefficient (Wildman–Crippen LogP) is 0.975. The van der Waals surface area contributed by atoms with Gasteiger partial charge in [0.25, 0.3) is 5.91 Å². The summed E-state index contributed by atoms with van der Waals surface area (Å²) in [6, 6.07) is 4.87. The Hall–Kier alpha value is -2.24. The summed E-state index contributed by atoms with van der Waals surface area (Å²) in [5, 5.41) is 3.07. The summed E-state index contributed by atoms with van der Waals surface area (Å²) < 4.78 is 10.5. The van der Waals surface area contributed by atoms with Gasteiger partial charge < -0.3 is 14.8 Å². The highest BCUT2D eigenvalue weighted by atomic mass is 16.7. The highest BCUT2D eigenvalue weighted by Gasteiger charge is 2.37. The molecule has 1 unspecified atom stereocenters. The summed E-state index contributed by atoms with van der Waals surface area (Å²) in [6.45, 7) is 2.42. The van der Waals surface area contributed by atoms with Crippen LogP contribution >= 0.6 is 0 Å². The maximum absolute atomic E-state index is 12.0. The summed E-state index contributed by atoms with van der Waals surface area (Å²) in [6.07, 6.45) is 0.196. The number of amides is 2. The summed E-state index contributed by atoms with van der Waals surface area (Å²) >= 11 is 0. The zero-order valence-corrected chi connectivity index (χ0v) is 10.5. The summed E-state index contributed by atoms with van der Waals surface area (Å²) in [5.41, 5.74) is 0.744. The summed E-state index contributed by atoms with van der Waals surface area (Å²) in [7, 11) is 0. The number of likely N-dealkylation sites (tertiary alicyclic amines) is 1. The fourth-order valence-corrected chi connectivity index (χ4v) is 2.32. The molecule has 19 heavy (non-hydrogen) atoms. The highest BCUT2D eigenvalue weighted by Crippen LogP contribution is 2.34. The van der Waals surface area contributed by atoms with Crippen molar-refractivity contribution >= 4 is 17.5 Å². The number of hydrogen-bond acceptors (Lipinski definition) is 5. The molecular weight excluding hydrogens is 248 g/mol.